The number of aryl methyl sites for hydroxylation is 1. The zero-order valence-corrected chi connectivity index (χ0v) is 14.1. The van der Waals surface area contributed by atoms with Crippen molar-refractivity contribution in [2.24, 2.45) is 5.92 Å². The second kappa shape index (κ2) is 7.44. The molecule has 1 aromatic carbocycles. The summed E-state index contributed by atoms with van der Waals surface area (Å²) in [6.07, 6.45) is 1.90. The summed E-state index contributed by atoms with van der Waals surface area (Å²) in [6, 6.07) is 11.1. The van der Waals surface area contributed by atoms with Crippen LogP contribution >= 0.6 is 11.8 Å². The van der Waals surface area contributed by atoms with Crippen LogP contribution in [0.4, 0.5) is 11.5 Å². The van der Waals surface area contributed by atoms with Gasteiger partial charge in [-0.2, -0.15) is 0 Å². The molecule has 1 aromatic heterocycles. The third kappa shape index (κ3) is 4.55. The molecule has 1 heterocycles. The predicted octanol–water partition coefficient (Wildman–Crippen LogP) is 2.86. The molecule has 1 fully saturated rings. The molecule has 0 aliphatic heterocycles. The summed E-state index contributed by atoms with van der Waals surface area (Å²) in [5, 5.41) is 14.2. The third-order valence-corrected chi connectivity index (χ3v) is 4.53. The van der Waals surface area contributed by atoms with Gasteiger partial charge in [-0.1, -0.05) is 30.0 Å². The fourth-order valence-electron chi connectivity index (χ4n) is 2.08. The summed E-state index contributed by atoms with van der Waals surface area (Å²) >= 11 is 1.30. The van der Waals surface area contributed by atoms with Crippen LogP contribution in [0.2, 0.25) is 0 Å². The Morgan fingerprint density at radius 1 is 1.12 bits per heavy atom. The van der Waals surface area contributed by atoms with Gasteiger partial charge in [0, 0.05) is 11.6 Å². The van der Waals surface area contributed by atoms with Crippen LogP contribution in [0.5, 0.6) is 0 Å². The maximum atomic E-state index is 12.0. The third-order valence-electron chi connectivity index (χ3n) is 3.61. The van der Waals surface area contributed by atoms with Gasteiger partial charge in [-0.15, -0.1) is 10.2 Å². The molecule has 124 valence electrons. The SMILES string of the molecule is Cc1ccccc1NC(=O)CSc1ccc(NC(=O)C2CC2)nn1. The second-order valence-electron chi connectivity index (χ2n) is 5.67. The molecule has 24 heavy (non-hydrogen) atoms. The van der Waals surface area contributed by atoms with E-state index in [9.17, 15) is 9.59 Å². The van der Waals surface area contributed by atoms with E-state index in [4.69, 9.17) is 0 Å². The number of benzene rings is 1. The van der Waals surface area contributed by atoms with Crippen LogP contribution in [-0.2, 0) is 9.59 Å². The summed E-state index contributed by atoms with van der Waals surface area (Å²) in [5.41, 5.74) is 1.83. The van der Waals surface area contributed by atoms with E-state index in [0.29, 0.717) is 10.8 Å². The topological polar surface area (TPSA) is 84.0 Å². The van der Waals surface area contributed by atoms with E-state index < -0.39 is 0 Å². The average Bonchev–Trinajstić information content (AvgIpc) is 3.41. The number of carbonyl (C=O) groups is 2. The Balaban J connectivity index is 1.48. The lowest BCUT2D eigenvalue weighted by molar-refractivity contribution is -0.117. The van der Waals surface area contributed by atoms with Crippen molar-refractivity contribution in [2.45, 2.75) is 24.8 Å². The average molecular weight is 342 g/mol. The van der Waals surface area contributed by atoms with Crippen LogP contribution in [0.1, 0.15) is 18.4 Å². The zero-order chi connectivity index (χ0) is 16.9. The number of hydrogen-bond donors (Lipinski definition) is 2. The van der Waals surface area contributed by atoms with Crippen molar-refractivity contribution in [1.82, 2.24) is 10.2 Å². The van der Waals surface area contributed by atoms with Gasteiger partial charge in [0.05, 0.1) is 5.75 Å². The highest BCUT2D eigenvalue weighted by Crippen LogP contribution is 2.30. The molecule has 2 aromatic rings. The zero-order valence-electron chi connectivity index (χ0n) is 13.3. The summed E-state index contributed by atoms with van der Waals surface area (Å²) in [7, 11) is 0. The Hall–Kier alpha value is -2.41. The Morgan fingerprint density at radius 3 is 2.58 bits per heavy atom. The first-order valence-corrected chi connectivity index (χ1v) is 8.73. The molecule has 2 N–H and O–H groups in total. The standard InChI is InChI=1S/C17H18N4O2S/c1-11-4-2-3-5-13(11)18-15(22)10-24-16-9-8-14(20-21-16)19-17(23)12-6-7-12/h2-5,8-9,12H,6-7,10H2,1H3,(H,18,22)(H,19,20,23). The number of hydrogen-bond acceptors (Lipinski definition) is 5. The molecular weight excluding hydrogens is 324 g/mol. The lowest BCUT2D eigenvalue weighted by atomic mass is 10.2. The number of anilines is 2. The normalized spacial score (nSPS) is 13.4. The van der Waals surface area contributed by atoms with Crippen molar-refractivity contribution in [2.75, 3.05) is 16.4 Å². The number of nitrogens with zero attached hydrogens (tertiary/aromatic N) is 2. The number of aromatic nitrogens is 2. The van der Waals surface area contributed by atoms with Gasteiger partial charge in [-0.05, 0) is 43.5 Å². The highest BCUT2D eigenvalue weighted by molar-refractivity contribution is 7.99. The van der Waals surface area contributed by atoms with Crippen molar-refractivity contribution in [3.8, 4) is 0 Å². The minimum Gasteiger partial charge on any atom is -0.325 e. The highest BCUT2D eigenvalue weighted by Gasteiger charge is 2.29. The molecular formula is C17H18N4O2S. The molecule has 0 spiro atoms. The molecule has 0 radical (unpaired) electrons. The van der Waals surface area contributed by atoms with E-state index in [1.807, 2.05) is 31.2 Å². The molecule has 6 nitrogen and oxygen atoms in total. The minimum atomic E-state index is -0.0952. The van der Waals surface area contributed by atoms with E-state index in [1.165, 1.54) is 11.8 Å². The summed E-state index contributed by atoms with van der Waals surface area (Å²) in [6.45, 7) is 1.95. The van der Waals surface area contributed by atoms with Crippen LogP contribution in [0.3, 0.4) is 0 Å². The van der Waals surface area contributed by atoms with Gasteiger partial charge in [0.1, 0.15) is 5.03 Å². The van der Waals surface area contributed by atoms with Crippen LogP contribution < -0.4 is 10.6 Å². The molecule has 7 heteroatoms. The minimum absolute atomic E-state index is 0.00214. The van der Waals surface area contributed by atoms with E-state index in [1.54, 1.807) is 12.1 Å². The van der Waals surface area contributed by atoms with Crippen molar-refractivity contribution in [3.63, 3.8) is 0 Å². The number of nitrogens with one attached hydrogen (secondary N) is 2. The lowest BCUT2D eigenvalue weighted by Crippen LogP contribution is -2.15. The fourth-order valence-corrected chi connectivity index (χ4v) is 2.69. The summed E-state index contributed by atoms with van der Waals surface area (Å²) in [5.74, 6) is 0.729. The molecule has 1 aliphatic carbocycles. The van der Waals surface area contributed by atoms with Crippen LogP contribution in [-0.4, -0.2) is 27.8 Å². The number of carbonyl (C=O) groups excluding carboxylic acids is 2. The summed E-state index contributed by atoms with van der Waals surface area (Å²) < 4.78 is 0. The molecule has 1 saturated carbocycles. The van der Waals surface area contributed by atoms with Gasteiger partial charge < -0.3 is 10.6 Å². The molecule has 3 rings (SSSR count). The smallest absolute Gasteiger partial charge is 0.234 e. The van der Waals surface area contributed by atoms with E-state index >= 15 is 0 Å². The van der Waals surface area contributed by atoms with Crippen molar-refractivity contribution in [1.29, 1.82) is 0 Å². The molecule has 0 saturated heterocycles. The van der Waals surface area contributed by atoms with E-state index in [0.717, 1.165) is 24.1 Å². The number of amides is 2. The number of para-hydroxylation sites is 1. The molecule has 2 amide bonds. The summed E-state index contributed by atoms with van der Waals surface area (Å²) in [4.78, 5) is 23.6. The van der Waals surface area contributed by atoms with E-state index in [-0.39, 0.29) is 23.5 Å². The van der Waals surface area contributed by atoms with Crippen LogP contribution in [0.25, 0.3) is 0 Å². The monoisotopic (exact) mass is 342 g/mol. The van der Waals surface area contributed by atoms with Gasteiger partial charge in [0.25, 0.3) is 0 Å². The highest BCUT2D eigenvalue weighted by atomic mass is 32.2. The second-order valence-corrected chi connectivity index (χ2v) is 6.67. The van der Waals surface area contributed by atoms with Gasteiger partial charge in [0.2, 0.25) is 11.8 Å². The van der Waals surface area contributed by atoms with Crippen LogP contribution in [0, 0.1) is 12.8 Å². The van der Waals surface area contributed by atoms with Crippen molar-refractivity contribution >= 4 is 35.1 Å². The Labute approximate surface area is 144 Å². The molecule has 0 atom stereocenters. The predicted molar refractivity (Wildman–Crippen MR) is 93.9 cm³/mol. The molecule has 0 bridgehead atoms. The van der Waals surface area contributed by atoms with Crippen molar-refractivity contribution < 1.29 is 9.59 Å². The fraction of sp³-hybridized carbons (Fsp3) is 0.294. The molecule has 1 aliphatic rings. The first-order valence-electron chi connectivity index (χ1n) is 7.75. The number of thioether (sulfide) groups is 1. The maximum Gasteiger partial charge on any atom is 0.234 e. The molecule has 0 unspecified atom stereocenters. The first kappa shape index (κ1) is 16.4. The first-order chi connectivity index (χ1) is 11.6. The number of rotatable bonds is 6. The maximum absolute atomic E-state index is 12.0. The quantitative estimate of drug-likeness (QED) is 0.789. The Kier molecular flexibility index (Phi) is 5.10. The lowest BCUT2D eigenvalue weighted by Gasteiger charge is -2.07. The van der Waals surface area contributed by atoms with E-state index in [2.05, 4.69) is 20.8 Å². The Morgan fingerprint density at radius 2 is 1.92 bits per heavy atom. The Bertz CT molecular complexity index is 745. The van der Waals surface area contributed by atoms with Crippen molar-refractivity contribution in [3.05, 3.63) is 42.0 Å². The largest absolute Gasteiger partial charge is 0.325 e. The van der Waals surface area contributed by atoms with Gasteiger partial charge in [0.15, 0.2) is 5.82 Å². The van der Waals surface area contributed by atoms with Gasteiger partial charge in [-0.3, -0.25) is 9.59 Å². The van der Waals surface area contributed by atoms with Gasteiger partial charge >= 0.3 is 0 Å². The van der Waals surface area contributed by atoms with Crippen LogP contribution in [0.15, 0.2) is 41.4 Å². The van der Waals surface area contributed by atoms with Gasteiger partial charge in [-0.25, -0.2) is 0 Å².